The van der Waals surface area contributed by atoms with Crippen LogP contribution in [0.3, 0.4) is 0 Å². The Morgan fingerprint density at radius 1 is 1.24 bits per heavy atom. The third kappa shape index (κ3) is 2.97. The van der Waals surface area contributed by atoms with Crippen molar-refractivity contribution in [1.82, 2.24) is 24.9 Å². The number of aromatic nitrogens is 4. The Morgan fingerprint density at radius 3 is 2.90 bits per heavy atom. The van der Waals surface area contributed by atoms with Crippen molar-refractivity contribution in [3.05, 3.63) is 47.9 Å². The second-order valence-electron chi connectivity index (χ2n) is 5.36. The fourth-order valence-corrected chi connectivity index (χ4v) is 2.66. The summed E-state index contributed by atoms with van der Waals surface area (Å²) < 4.78 is 3.99. The van der Waals surface area contributed by atoms with Crippen LogP contribution in [0.4, 0.5) is 0 Å². The molecule has 2 aromatic heterocycles. The summed E-state index contributed by atoms with van der Waals surface area (Å²) in [6, 6.07) is 8.64. The predicted molar refractivity (Wildman–Crippen MR) is 84.0 cm³/mol. The minimum Gasteiger partial charge on any atom is -0.341 e. The molecule has 21 heavy (non-hydrogen) atoms. The highest BCUT2D eigenvalue weighted by atomic mass is 15.4. The van der Waals surface area contributed by atoms with Gasteiger partial charge in [0.05, 0.1) is 12.1 Å². The molecule has 3 rings (SSSR count). The van der Waals surface area contributed by atoms with Crippen LogP contribution in [0.15, 0.2) is 36.7 Å². The van der Waals surface area contributed by atoms with Crippen molar-refractivity contribution < 1.29 is 0 Å². The molecule has 0 aliphatic heterocycles. The molecule has 1 aromatic carbocycles. The number of para-hydroxylation sites is 1. The van der Waals surface area contributed by atoms with E-state index < -0.39 is 0 Å². The molecular formula is C16H21N5. The molecule has 1 N–H and O–H groups in total. The van der Waals surface area contributed by atoms with Crippen LogP contribution in [-0.4, -0.2) is 26.1 Å². The summed E-state index contributed by atoms with van der Waals surface area (Å²) >= 11 is 0. The number of hydrogen-bond donors (Lipinski definition) is 1. The summed E-state index contributed by atoms with van der Waals surface area (Å²) in [7, 11) is 1.89. The molecule has 5 nitrogen and oxygen atoms in total. The van der Waals surface area contributed by atoms with E-state index in [0.717, 1.165) is 31.7 Å². The van der Waals surface area contributed by atoms with E-state index in [4.69, 9.17) is 0 Å². The smallest absolute Gasteiger partial charge is 0.102 e. The van der Waals surface area contributed by atoms with Gasteiger partial charge in [-0.2, -0.15) is 0 Å². The molecule has 5 heteroatoms. The van der Waals surface area contributed by atoms with Crippen LogP contribution in [0.5, 0.6) is 0 Å². The molecule has 3 aromatic rings. The summed E-state index contributed by atoms with van der Waals surface area (Å²) in [5.74, 6) is 0. The number of hydrogen-bond acceptors (Lipinski definition) is 3. The second-order valence-corrected chi connectivity index (χ2v) is 5.36. The van der Waals surface area contributed by atoms with Gasteiger partial charge in [0.1, 0.15) is 5.69 Å². The highest BCUT2D eigenvalue weighted by Gasteiger charge is 2.08. The van der Waals surface area contributed by atoms with Gasteiger partial charge >= 0.3 is 0 Å². The quantitative estimate of drug-likeness (QED) is 0.706. The molecule has 0 atom stereocenters. The van der Waals surface area contributed by atoms with Gasteiger partial charge in [-0.25, -0.2) is 0 Å². The lowest BCUT2D eigenvalue weighted by molar-refractivity contribution is 0.674. The maximum absolute atomic E-state index is 4.18. The number of nitrogens with zero attached hydrogens (tertiary/aromatic N) is 4. The number of rotatable bonds is 6. The molecule has 0 spiro atoms. The van der Waals surface area contributed by atoms with E-state index in [-0.39, 0.29) is 0 Å². The normalized spacial score (nSPS) is 11.3. The van der Waals surface area contributed by atoms with Crippen molar-refractivity contribution in [1.29, 1.82) is 0 Å². The van der Waals surface area contributed by atoms with Gasteiger partial charge < -0.3 is 9.88 Å². The lowest BCUT2D eigenvalue weighted by Crippen LogP contribution is -2.14. The fraction of sp³-hybridized carbons (Fsp3) is 0.375. The van der Waals surface area contributed by atoms with Crippen molar-refractivity contribution >= 4 is 10.9 Å². The zero-order chi connectivity index (χ0) is 14.7. The first-order valence-electron chi connectivity index (χ1n) is 7.40. The first-order valence-corrected chi connectivity index (χ1v) is 7.40. The zero-order valence-corrected chi connectivity index (χ0v) is 12.6. The van der Waals surface area contributed by atoms with E-state index in [0.29, 0.717) is 0 Å². The van der Waals surface area contributed by atoms with Crippen LogP contribution in [0, 0.1) is 0 Å². The van der Waals surface area contributed by atoms with Crippen molar-refractivity contribution in [2.75, 3.05) is 6.54 Å². The number of fused-ring (bicyclic) bond motifs is 1. The molecule has 0 unspecified atom stereocenters. The minimum absolute atomic E-state index is 0.752. The molecule has 2 heterocycles. The maximum Gasteiger partial charge on any atom is 0.102 e. The fourth-order valence-electron chi connectivity index (χ4n) is 2.66. The van der Waals surface area contributed by atoms with E-state index >= 15 is 0 Å². The van der Waals surface area contributed by atoms with Crippen LogP contribution in [0.25, 0.3) is 10.9 Å². The Balaban J connectivity index is 1.91. The number of benzene rings is 1. The molecule has 0 fully saturated rings. The van der Waals surface area contributed by atoms with Crippen molar-refractivity contribution in [2.24, 2.45) is 7.05 Å². The largest absolute Gasteiger partial charge is 0.341 e. The van der Waals surface area contributed by atoms with Crippen LogP contribution >= 0.6 is 0 Å². The summed E-state index contributed by atoms with van der Waals surface area (Å²) in [5.41, 5.74) is 3.59. The summed E-state index contributed by atoms with van der Waals surface area (Å²) in [5, 5.41) is 12.9. The molecular weight excluding hydrogens is 262 g/mol. The molecule has 0 radical (unpaired) electrons. The maximum atomic E-state index is 4.18. The third-order valence-corrected chi connectivity index (χ3v) is 3.60. The van der Waals surface area contributed by atoms with E-state index in [1.807, 2.05) is 13.2 Å². The van der Waals surface area contributed by atoms with E-state index in [1.54, 1.807) is 4.68 Å². The SMILES string of the molecule is CCCNCc1cccc2ccn(Cc3cn(C)nn3)c12. The topological polar surface area (TPSA) is 47.7 Å². The van der Waals surface area contributed by atoms with E-state index in [9.17, 15) is 0 Å². The van der Waals surface area contributed by atoms with Gasteiger partial charge in [0.25, 0.3) is 0 Å². The standard InChI is InChI=1S/C16H21N5/c1-3-8-17-10-14-6-4-5-13-7-9-21(16(13)14)12-15-11-20(2)19-18-15/h4-7,9,11,17H,3,8,10,12H2,1-2H3. The van der Waals surface area contributed by atoms with Gasteiger partial charge in [-0.15, -0.1) is 5.10 Å². The van der Waals surface area contributed by atoms with Gasteiger partial charge in [-0.1, -0.05) is 30.3 Å². The van der Waals surface area contributed by atoms with Gasteiger partial charge in [0, 0.05) is 26.0 Å². The van der Waals surface area contributed by atoms with Crippen molar-refractivity contribution in [3.8, 4) is 0 Å². The highest BCUT2D eigenvalue weighted by Crippen LogP contribution is 2.21. The molecule has 0 amide bonds. The van der Waals surface area contributed by atoms with Crippen molar-refractivity contribution in [3.63, 3.8) is 0 Å². The molecule has 0 saturated carbocycles. The Morgan fingerprint density at radius 2 is 2.14 bits per heavy atom. The molecule has 0 saturated heterocycles. The minimum atomic E-state index is 0.752. The summed E-state index contributed by atoms with van der Waals surface area (Å²) in [6.07, 6.45) is 5.24. The van der Waals surface area contributed by atoms with Crippen LogP contribution in [0.2, 0.25) is 0 Å². The van der Waals surface area contributed by atoms with E-state index in [2.05, 4.69) is 57.6 Å². The van der Waals surface area contributed by atoms with Crippen LogP contribution in [-0.2, 0) is 20.1 Å². The lowest BCUT2D eigenvalue weighted by atomic mass is 10.1. The number of nitrogens with one attached hydrogen (secondary N) is 1. The number of aryl methyl sites for hydroxylation is 1. The molecule has 0 aliphatic rings. The highest BCUT2D eigenvalue weighted by molar-refractivity contribution is 5.83. The Labute approximate surface area is 124 Å². The average Bonchev–Trinajstić information content (AvgIpc) is 3.07. The summed E-state index contributed by atoms with van der Waals surface area (Å²) in [6.45, 7) is 4.88. The van der Waals surface area contributed by atoms with Gasteiger partial charge in [-0.05, 0) is 30.0 Å². The zero-order valence-electron chi connectivity index (χ0n) is 12.6. The predicted octanol–water partition coefficient (Wildman–Crippen LogP) is 2.32. The monoisotopic (exact) mass is 283 g/mol. The Kier molecular flexibility index (Phi) is 4.01. The molecule has 0 bridgehead atoms. The lowest BCUT2D eigenvalue weighted by Gasteiger charge is -2.09. The van der Waals surface area contributed by atoms with Crippen molar-refractivity contribution in [2.45, 2.75) is 26.4 Å². The van der Waals surface area contributed by atoms with Crippen LogP contribution in [0.1, 0.15) is 24.6 Å². The first kappa shape index (κ1) is 13.8. The van der Waals surface area contributed by atoms with E-state index in [1.165, 1.54) is 16.5 Å². The molecule has 110 valence electrons. The second kappa shape index (κ2) is 6.10. The average molecular weight is 283 g/mol. The Hall–Kier alpha value is -2.14. The Bertz CT molecular complexity index is 725. The van der Waals surface area contributed by atoms with Crippen LogP contribution < -0.4 is 5.32 Å². The van der Waals surface area contributed by atoms with Gasteiger partial charge in [0.2, 0.25) is 0 Å². The van der Waals surface area contributed by atoms with Gasteiger partial charge in [0.15, 0.2) is 0 Å². The third-order valence-electron chi connectivity index (χ3n) is 3.60. The summed E-state index contributed by atoms with van der Waals surface area (Å²) in [4.78, 5) is 0. The first-order chi connectivity index (χ1) is 10.3. The van der Waals surface area contributed by atoms with Gasteiger partial charge in [-0.3, -0.25) is 4.68 Å². The molecule has 0 aliphatic carbocycles.